The molecule has 102 valence electrons. The van der Waals surface area contributed by atoms with Crippen molar-refractivity contribution in [1.29, 1.82) is 0 Å². The van der Waals surface area contributed by atoms with Crippen molar-refractivity contribution in [1.82, 2.24) is 15.0 Å². The van der Waals surface area contributed by atoms with Gasteiger partial charge < -0.3 is 10.6 Å². The van der Waals surface area contributed by atoms with E-state index < -0.39 is 0 Å². The minimum atomic E-state index is 0.678. The Morgan fingerprint density at radius 2 is 2.11 bits per heavy atom. The first-order valence-electron chi connectivity index (χ1n) is 6.49. The van der Waals surface area contributed by atoms with Crippen molar-refractivity contribution >= 4 is 23.1 Å². The lowest BCUT2D eigenvalue weighted by Crippen LogP contribution is -2.09. The van der Waals surface area contributed by atoms with E-state index in [0.717, 1.165) is 42.5 Å². The Labute approximate surface area is 117 Å². The minimum Gasteiger partial charge on any atom is -0.369 e. The number of nitrogens with zero attached hydrogens (tertiary/aromatic N) is 3. The van der Waals surface area contributed by atoms with Crippen molar-refractivity contribution in [3.63, 3.8) is 0 Å². The summed E-state index contributed by atoms with van der Waals surface area (Å²) < 4.78 is 0. The average molecular weight is 277 g/mol. The fourth-order valence-corrected chi connectivity index (χ4v) is 2.37. The third-order valence-electron chi connectivity index (χ3n) is 2.50. The highest BCUT2D eigenvalue weighted by Crippen LogP contribution is 2.10. The van der Waals surface area contributed by atoms with Crippen molar-refractivity contribution in [3.8, 4) is 0 Å². The zero-order valence-corrected chi connectivity index (χ0v) is 12.1. The van der Waals surface area contributed by atoms with E-state index in [9.17, 15) is 0 Å². The molecule has 6 heteroatoms. The van der Waals surface area contributed by atoms with Crippen LogP contribution in [-0.2, 0) is 6.42 Å². The normalized spacial score (nSPS) is 10.4. The predicted octanol–water partition coefficient (Wildman–Crippen LogP) is 2.72. The third kappa shape index (κ3) is 4.48. The molecule has 2 N–H and O–H groups in total. The molecule has 0 radical (unpaired) electrons. The van der Waals surface area contributed by atoms with E-state index in [1.807, 2.05) is 13.0 Å². The summed E-state index contributed by atoms with van der Waals surface area (Å²) in [5, 5.41) is 9.70. The van der Waals surface area contributed by atoms with E-state index in [1.54, 1.807) is 17.5 Å². The molecule has 0 fully saturated rings. The van der Waals surface area contributed by atoms with Crippen molar-refractivity contribution in [3.05, 3.63) is 28.3 Å². The molecule has 0 bridgehead atoms. The molecule has 0 amide bonds. The van der Waals surface area contributed by atoms with E-state index in [0.29, 0.717) is 5.95 Å². The van der Waals surface area contributed by atoms with Gasteiger partial charge in [-0.15, -0.1) is 11.3 Å². The Kier molecular flexibility index (Phi) is 5.09. The SMILES string of the molecule is CCCNc1nccc(NCCc2nc(C)cs2)n1. The van der Waals surface area contributed by atoms with Gasteiger partial charge in [0.25, 0.3) is 0 Å². The number of aryl methyl sites for hydroxylation is 1. The Hall–Kier alpha value is -1.69. The molecule has 0 atom stereocenters. The van der Waals surface area contributed by atoms with E-state index in [4.69, 9.17) is 0 Å². The second-order valence-electron chi connectivity index (χ2n) is 4.25. The Morgan fingerprint density at radius 1 is 1.21 bits per heavy atom. The molecule has 5 nitrogen and oxygen atoms in total. The molecule has 2 aromatic heterocycles. The molecule has 0 aliphatic heterocycles. The molecule has 0 aliphatic rings. The maximum atomic E-state index is 4.43. The summed E-state index contributed by atoms with van der Waals surface area (Å²) in [4.78, 5) is 13.0. The molecule has 0 spiro atoms. The fraction of sp³-hybridized carbons (Fsp3) is 0.462. The van der Waals surface area contributed by atoms with Crippen molar-refractivity contribution in [2.75, 3.05) is 23.7 Å². The van der Waals surface area contributed by atoms with Gasteiger partial charge >= 0.3 is 0 Å². The maximum absolute atomic E-state index is 4.43. The molecule has 0 saturated heterocycles. The smallest absolute Gasteiger partial charge is 0.224 e. The van der Waals surface area contributed by atoms with Crippen molar-refractivity contribution in [2.45, 2.75) is 26.7 Å². The van der Waals surface area contributed by atoms with Crippen molar-refractivity contribution in [2.24, 2.45) is 0 Å². The van der Waals surface area contributed by atoms with Gasteiger partial charge in [-0.05, 0) is 19.4 Å². The summed E-state index contributed by atoms with van der Waals surface area (Å²) in [5.74, 6) is 1.53. The summed E-state index contributed by atoms with van der Waals surface area (Å²) in [6.45, 7) is 5.85. The highest BCUT2D eigenvalue weighted by molar-refractivity contribution is 7.09. The summed E-state index contributed by atoms with van der Waals surface area (Å²) in [5.41, 5.74) is 1.09. The molecule has 2 rings (SSSR count). The molecule has 0 saturated carbocycles. The van der Waals surface area contributed by atoms with E-state index in [-0.39, 0.29) is 0 Å². The van der Waals surface area contributed by atoms with E-state index in [2.05, 4.69) is 37.9 Å². The zero-order valence-electron chi connectivity index (χ0n) is 11.3. The van der Waals surface area contributed by atoms with Gasteiger partial charge in [0, 0.05) is 36.8 Å². The highest BCUT2D eigenvalue weighted by atomic mass is 32.1. The van der Waals surface area contributed by atoms with Crippen LogP contribution in [0.1, 0.15) is 24.0 Å². The Balaban J connectivity index is 1.82. The monoisotopic (exact) mass is 277 g/mol. The Bertz CT molecular complexity index is 511. The van der Waals surface area contributed by atoms with Crippen LogP contribution in [0, 0.1) is 6.92 Å². The van der Waals surface area contributed by atoms with Crippen LogP contribution in [0.15, 0.2) is 17.6 Å². The lowest BCUT2D eigenvalue weighted by atomic mass is 10.4. The van der Waals surface area contributed by atoms with E-state index >= 15 is 0 Å². The molecule has 19 heavy (non-hydrogen) atoms. The summed E-state index contributed by atoms with van der Waals surface area (Å²) >= 11 is 1.70. The largest absolute Gasteiger partial charge is 0.369 e. The van der Waals surface area contributed by atoms with Gasteiger partial charge in [0.15, 0.2) is 0 Å². The Morgan fingerprint density at radius 3 is 2.84 bits per heavy atom. The number of hydrogen-bond acceptors (Lipinski definition) is 6. The van der Waals surface area contributed by atoms with Crippen molar-refractivity contribution < 1.29 is 0 Å². The topological polar surface area (TPSA) is 62.7 Å². The average Bonchev–Trinajstić information content (AvgIpc) is 2.83. The first kappa shape index (κ1) is 13.7. The quantitative estimate of drug-likeness (QED) is 0.814. The fourth-order valence-electron chi connectivity index (χ4n) is 1.59. The molecule has 0 aromatic carbocycles. The molecular weight excluding hydrogens is 258 g/mol. The zero-order chi connectivity index (χ0) is 13.5. The van der Waals surface area contributed by atoms with Gasteiger partial charge in [0.05, 0.1) is 5.01 Å². The first-order chi connectivity index (χ1) is 9.28. The van der Waals surface area contributed by atoms with Crippen LogP contribution >= 0.6 is 11.3 Å². The number of nitrogens with one attached hydrogen (secondary N) is 2. The number of aromatic nitrogens is 3. The van der Waals surface area contributed by atoms with Crippen LogP contribution in [0.4, 0.5) is 11.8 Å². The van der Waals surface area contributed by atoms with Gasteiger partial charge in [-0.25, -0.2) is 9.97 Å². The summed E-state index contributed by atoms with van der Waals surface area (Å²) in [7, 11) is 0. The summed E-state index contributed by atoms with van der Waals surface area (Å²) in [6.07, 6.45) is 3.74. The standard InChI is InChI=1S/C13H19N5S/c1-3-6-15-13-16-7-4-11(18-13)14-8-5-12-17-10(2)9-19-12/h4,7,9H,3,5-6,8H2,1-2H3,(H2,14,15,16,18). The predicted molar refractivity (Wildman–Crippen MR) is 79.9 cm³/mol. The van der Waals surface area contributed by atoms with Crippen LogP contribution < -0.4 is 10.6 Å². The second-order valence-corrected chi connectivity index (χ2v) is 5.19. The molecule has 0 unspecified atom stereocenters. The number of hydrogen-bond donors (Lipinski definition) is 2. The summed E-state index contributed by atoms with van der Waals surface area (Å²) in [6, 6.07) is 1.88. The van der Waals surface area contributed by atoms with Gasteiger partial charge in [0.1, 0.15) is 5.82 Å². The van der Waals surface area contributed by atoms with Gasteiger partial charge in [-0.1, -0.05) is 6.92 Å². The number of anilines is 2. The van der Waals surface area contributed by atoms with Crippen LogP contribution in [0.3, 0.4) is 0 Å². The van der Waals surface area contributed by atoms with Gasteiger partial charge in [0.2, 0.25) is 5.95 Å². The van der Waals surface area contributed by atoms with Gasteiger partial charge in [-0.2, -0.15) is 4.98 Å². The van der Waals surface area contributed by atoms with Gasteiger partial charge in [-0.3, -0.25) is 0 Å². The maximum Gasteiger partial charge on any atom is 0.224 e. The second kappa shape index (κ2) is 7.04. The van der Waals surface area contributed by atoms with Crippen LogP contribution in [0.5, 0.6) is 0 Å². The highest BCUT2D eigenvalue weighted by Gasteiger charge is 2.00. The van der Waals surface area contributed by atoms with Crippen LogP contribution in [0.2, 0.25) is 0 Å². The lowest BCUT2D eigenvalue weighted by molar-refractivity contribution is 0.943. The minimum absolute atomic E-state index is 0.678. The third-order valence-corrected chi connectivity index (χ3v) is 3.53. The first-order valence-corrected chi connectivity index (χ1v) is 7.37. The van der Waals surface area contributed by atoms with Crippen LogP contribution in [0.25, 0.3) is 0 Å². The van der Waals surface area contributed by atoms with E-state index in [1.165, 1.54) is 0 Å². The van der Waals surface area contributed by atoms with Crippen LogP contribution in [-0.4, -0.2) is 28.0 Å². The lowest BCUT2D eigenvalue weighted by Gasteiger charge is -2.06. The molecular formula is C13H19N5S. The number of thiazole rings is 1. The number of rotatable bonds is 7. The molecule has 2 aromatic rings. The molecule has 0 aliphatic carbocycles. The molecule has 2 heterocycles.